The number of unbranched alkanes of at least 4 members (excludes halogenated alkanes) is 4. The van der Waals surface area contributed by atoms with Crippen molar-refractivity contribution in [2.45, 2.75) is 148 Å². The van der Waals surface area contributed by atoms with Crippen LogP contribution in [0.25, 0.3) is 0 Å². The fourth-order valence-electron chi connectivity index (χ4n) is 7.90. The summed E-state index contributed by atoms with van der Waals surface area (Å²) in [6.45, 7) is 7.28. The molecule has 6 N–H and O–H groups in total. The second-order valence-corrected chi connectivity index (χ2v) is 17.6. The van der Waals surface area contributed by atoms with Gasteiger partial charge in [0, 0.05) is 91.7 Å². The fourth-order valence-corrected chi connectivity index (χ4v) is 7.90. The number of halogens is 6. The largest absolute Gasteiger partial charge is 0.488 e. The first kappa shape index (κ1) is 55.0. The van der Waals surface area contributed by atoms with Gasteiger partial charge in [0.25, 0.3) is 0 Å². The Morgan fingerprint density at radius 3 is 1.49 bits per heavy atom. The molecule has 0 unspecified atom stereocenters. The number of ketones is 4. The monoisotopic (exact) mass is 959 g/mol. The number of carbonyl (C=O) groups excluding carboxylic acids is 4. The van der Waals surface area contributed by atoms with Crippen LogP contribution in [0.2, 0.25) is 0 Å². The first-order valence-electron chi connectivity index (χ1n) is 23.0. The number of carbonyl (C=O) groups is 4. The number of benzene rings is 2. The van der Waals surface area contributed by atoms with Gasteiger partial charge in [-0.15, -0.1) is 0 Å². The molecule has 0 aliphatic carbocycles. The molecule has 2 atom stereocenters. The second-order valence-electron chi connectivity index (χ2n) is 17.6. The van der Waals surface area contributed by atoms with E-state index in [1.165, 1.54) is 19.3 Å². The Hall–Kier alpha value is -5.56. The highest BCUT2D eigenvalue weighted by Gasteiger charge is 2.35. The molecule has 0 saturated carbocycles. The minimum Gasteiger partial charge on any atom is -0.488 e. The Balaban J connectivity index is 0.000000301. The van der Waals surface area contributed by atoms with Crippen LogP contribution >= 0.6 is 0 Å². The van der Waals surface area contributed by atoms with Crippen LogP contribution in [-0.2, 0) is 52.4 Å². The van der Waals surface area contributed by atoms with Crippen LogP contribution in [0.4, 0.5) is 26.3 Å². The number of hydrogen-bond donors (Lipinski definition) is 5. The van der Waals surface area contributed by atoms with Crippen molar-refractivity contribution < 1.29 is 55.0 Å². The van der Waals surface area contributed by atoms with Crippen molar-refractivity contribution >= 4 is 34.7 Å². The van der Waals surface area contributed by atoms with Gasteiger partial charge in [-0.05, 0) is 109 Å². The van der Waals surface area contributed by atoms with E-state index in [9.17, 15) is 45.5 Å². The lowest BCUT2D eigenvalue weighted by Gasteiger charge is -2.21. The number of aryl methyl sites for hydroxylation is 1. The van der Waals surface area contributed by atoms with E-state index >= 15 is 0 Å². The summed E-state index contributed by atoms with van der Waals surface area (Å²) in [5.74, 6) is -0.642. The maximum atomic E-state index is 13.8. The predicted molar refractivity (Wildman–Crippen MR) is 245 cm³/mol. The van der Waals surface area contributed by atoms with Gasteiger partial charge in [-0.2, -0.15) is 26.3 Å². The molecular weight excluding hydrogens is 897 g/mol. The van der Waals surface area contributed by atoms with E-state index in [0.717, 1.165) is 43.7 Å². The summed E-state index contributed by atoms with van der Waals surface area (Å²) in [5.41, 5.74) is 5.36. The van der Waals surface area contributed by atoms with E-state index in [2.05, 4.69) is 20.6 Å². The number of alkyl halides is 6. The third-order valence-corrected chi connectivity index (χ3v) is 11.3. The number of nitrogens with one attached hydrogen (secondary N) is 4. The lowest BCUT2D eigenvalue weighted by molar-refractivity contribution is -0.138. The number of nitrogens with two attached hydrogens (primary N) is 1. The third-order valence-electron chi connectivity index (χ3n) is 11.3. The van der Waals surface area contributed by atoms with Gasteiger partial charge in [0.2, 0.25) is 0 Å². The summed E-state index contributed by atoms with van der Waals surface area (Å²) >= 11 is 0. The maximum Gasteiger partial charge on any atom is 0.416 e. The van der Waals surface area contributed by atoms with Crippen molar-refractivity contribution in [2.75, 3.05) is 26.2 Å². The molecule has 1 aromatic heterocycles. The molecular formula is C49H63F6N7O6. The summed E-state index contributed by atoms with van der Waals surface area (Å²) in [6.07, 6.45) is -2.35. The molecule has 2 aliphatic heterocycles. The first-order chi connectivity index (χ1) is 32.1. The Labute approximate surface area is 393 Å². The molecule has 2 saturated heterocycles. The molecule has 0 radical (unpaired) electrons. The van der Waals surface area contributed by atoms with Crippen LogP contribution in [0, 0.1) is 17.7 Å². The summed E-state index contributed by atoms with van der Waals surface area (Å²) < 4.78 is 94.0. The normalized spacial score (nSPS) is 15.9. The molecule has 2 aromatic carbocycles. The van der Waals surface area contributed by atoms with E-state index < -0.39 is 29.3 Å². The number of Topliss-reactive ketones (excluding diaryl/α,β-unsaturated/α-hetero) is 4. The van der Waals surface area contributed by atoms with E-state index in [-0.39, 0.29) is 113 Å². The van der Waals surface area contributed by atoms with Crippen LogP contribution in [0.5, 0.6) is 11.5 Å². The quantitative estimate of drug-likeness (QED) is 0.0178. The van der Waals surface area contributed by atoms with Crippen LogP contribution in [0.1, 0.15) is 140 Å². The average Bonchev–Trinajstić information content (AvgIpc) is 3.97. The standard InChI is InChI=1S/C26H32F3N5O3.C23H31F3N2O3/c1-16-9-22(34-15-33-16)23(36)13-18-11-19(26(27,28)29)10-17(25(18)37-21-7-8-32-14-21)12-20(35)5-3-2-4-6-24(30)31;1-15(27)6-4-3-5-7-20(30)13-18-12-19(23(24,25)26)11-17(10-16(2)29)22(18)31-21-8-9-28-14-21/h9-11,15,21,32H,2-8,12-14H2,1H3,(H3,30,31);11-12,21,27-28H,3-10,13-14H2,1-2H3/t2*21-/m11/s1. The number of amidine groups is 1. The van der Waals surface area contributed by atoms with E-state index in [4.69, 9.17) is 26.0 Å². The lowest BCUT2D eigenvalue weighted by Crippen LogP contribution is -2.22. The predicted octanol–water partition coefficient (Wildman–Crippen LogP) is 8.65. The number of nitrogens with zero attached hydrogens (tertiary/aromatic N) is 2. The molecule has 19 heteroatoms. The highest BCUT2D eigenvalue weighted by atomic mass is 19.4. The topological polar surface area (TPSA) is 210 Å². The van der Waals surface area contributed by atoms with Crippen molar-refractivity contribution in [1.29, 1.82) is 10.8 Å². The average molecular weight is 960 g/mol. The minimum atomic E-state index is -4.67. The highest BCUT2D eigenvalue weighted by Crippen LogP contribution is 2.39. The van der Waals surface area contributed by atoms with Crippen LogP contribution < -0.4 is 25.8 Å². The number of aromatic nitrogens is 2. The van der Waals surface area contributed by atoms with E-state index in [0.29, 0.717) is 82.4 Å². The van der Waals surface area contributed by atoms with Crippen molar-refractivity contribution in [2.24, 2.45) is 5.73 Å². The van der Waals surface area contributed by atoms with Crippen molar-refractivity contribution in [3.05, 3.63) is 81.4 Å². The Morgan fingerprint density at radius 1 is 0.647 bits per heavy atom. The molecule has 0 spiro atoms. The molecule has 0 bridgehead atoms. The molecule has 68 heavy (non-hydrogen) atoms. The van der Waals surface area contributed by atoms with Gasteiger partial charge in [0.15, 0.2) is 5.78 Å². The summed E-state index contributed by atoms with van der Waals surface area (Å²) in [6, 6.07) is 5.31. The van der Waals surface area contributed by atoms with Crippen LogP contribution in [0.15, 0.2) is 36.7 Å². The first-order valence-corrected chi connectivity index (χ1v) is 23.0. The lowest BCUT2D eigenvalue weighted by atomic mass is 9.94. The fraction of sp³-hybridized carbons (Fsp3) is 0.551. The molecule has 3 heterocycles. The number of hydrogen-bond acceptors (Lipinski definition) is 12. The van der Waals surface area contributed by atoms with Gasteiger partial charge in [-0.3, -0.25) is 24.6 Å². The molecule has 2 fully saturated rings. The zero-order valence-electron chi connectivity index (χ0n) is 38.9. The third kappa shape index (κ3) is 18.8. The van der Waals surface area contributed by atoms with E-state index in [1.807, 2.05) is 0 Å². The van der Waals surface area contributed by atoms with Crippen molar-refractivity contribution in [3.63, 3.8) is 0 Å². The number of rotatable bonds is 25. The maximum absolute atomic E-state index is 13.8. The van der Waals surface area contributed by atoms with Gasteiger partial charge in [-0.1, -0.05) is 12.8 Å². The van der Waals surface area contributed by atoms with Gasteiger partial charge in [0.05, 0.1) is 17.0 Å². The van der Waals surface area contributed by atoms with Gasteiger partial charge < -0.3 is 31.3 Å². The summed E-state index contributed by atoms with van der Waals surface area (Å²) in [4.78, 5) is 57.9. The van der Waals surface area contributed by atoms with Gasteiger partial charge in [0.1, 0.15) is 53.1 Å². The summed E-state index contributed by atoms with van der Waals surface area (Å²) in [7, 11) is 0. The zero-order chi connectivity index (χ0) is 50.0. The molecule has 0 amide bonds. The SMILES string of the molecule is CC(=N)CCCCCC(=O)Cc1cc(C(F)(F)F)cc(CC(C)=O)c1O[C@@H]1CCNC1.Cc1cc(C(=O)Cc2cc(C(F)(F)F)cc(CC(=O)CCCCCC(=N)N)c2O[C@@H]2CCNC2)ncn1. The van der Waals surface area contributed by atoms with Crippen LogP contribution in [0.3, 0.4) is 0 Å². The molecule has 372 valence electrons. The molecule has 3 aromatic rings. The molecule has 13 nitrogen and oxygen atoms in total. The summed E-state index contributed by atoms with van der Waals surface area (Å²) in [5, 5.41) is 21.0. The molecule has 2 aliphatic rings. The molecule has 5 rings (SSSR count). The van der Waals surface area contributed by atoms with Gasteiger partial charge >= 0.3 is 12.4 Å². The smallest absolute Gasteiger partial charge is 0.416 e. The number of ether oxygens (including phenoxy) is 2. The second kappa shape index (κ2) is 26.3. The highest BCUT2D eigenvalue weighted by molar-refractivity contribution is 5.96. The van der Waals surface area contributed by atoms with Crippen molar-refractivity contribution in [1.82, 2.24) is 20.6 Å². The Bertz CT molecular complexity index is 2240. The van der Waals surface area contributed by atoms with Crippen molar-refractivity contribution in [3.8, 4) is 11.5 Å². The Morgan fingerprint density at radius 2 is 1.09 bits per heavy atom. The Kier molecular flexibility index (Phi) is 21.3. The van der Waals surface area contributed by atoms with E-state index in [1.54, 1.807) is 13.8 Å². The minimum absolute atomic E-state index is 0.0762. The van der Waals surface area contributed by atoms with Gasteiger partial charge in [-0.25, -0.2) is 9.97 Å². The zero-order valence-corrected chi connectivity index (χ0v) is 38.9. The van der Waals surface area contributed by atoms with Crippen LogP contribution in [-0.4, -0.2) is 83.0 Å².